The molecule has 0 aliphatic heterocycles. The summed E-state index contributed by atoms with van der Waals surface area (Å²) in [6.07, 6.45) is 5.04. The first kappa shape index (κ1) is 17.0. The minimum Gasteiger partial charge on any atom is -0.356 e. The van der Waals surface area contributed by atoms with E-state index in [1.165, 1.54) is 6.08 Å². The molecule has 0 unspecified atom stereocenters. The quantitative estimate of drug-likeness (QED) is 0.570. The Hall–Kier alpha value is -2.10. The molecule has 21 heavy (non-hydrogen) atoms. The molecule has 4 heteroatoms. The monoisotopic (exact) mass is 288 g/mol. The van der Waals surface area contributed by atoms with Crippen LogP contribution in [-0.2, 0) is 9.59 Å². The molecule has 0 aliphatic rings. The first-order valence-corrected chi connectivity index (χ1v) is 7.38. The van der Waals surface area contributed by atoms with Gasteiger partial charge in [-0.15, -0.1) is 0 Å². The Balaban J connectivity index is 2.09. The van der Waals surface area contributed by atoms with Crippen molar-refractivity contribution in [3.63, 3.8) is 0 Å². The van der Waals surface area contributed by atoms with Gasteiger partial charge in [-0.05, 0) is 24.5 Å². The smallest absolute Gasteiger partial charge is 0.243 e. The Morgan fingerprint density at radius 1 is 1.05 bits per heavy atom. The predicted molar refractivity (Wildman–Crippen MR) is 85.6 cm³/mol. The van der Waals surface area contributed by atoms with Crippen LogP contribution in [0.25, 0.3) is 6.08 Å². The van der Waals surface area contributed by atoms with Gasteiger partial charge in [0.05, 0.1) is 0 Å². The molecular weight excluding hydrogens is 264 g/mol. The van der Waals surface area contributed by atoms with E-state index in [4.69, 9.17) is 0 Å². The number of hydrogen-bond acceptors (Lipinski definition) is 2. The summed E-state index contributed by atoms with van der Waals surface area (Å²) in [6.45, 7) is 5.02. The number of nitrogens with one attached hydrogen (secondary N) is 2. The third-order valence-corrected chi connectivity index (χ3v) is 2.95. The van der Waals surface area contributed by atoms with Crippen molar-refractivity contribution in [3.8, 4) is 0 Å². The fourth-order valence-electron chi connectivity index (χ4n) is 1.67. The topological polar surface area (TPSA) is 58.2 Å². The minimum absolute atomic E-state index is 0.0211. The molecule has 1 rings (SSSR count). The molecule has 0 fully saturated rings. The molecule has 0 bridgehead atoms. The predicted octanol–water partition coefficient (Wildman–Crippen LogP) is 2.37. The van der Waals surface area contributed by atoms with E-state index in [0.717, 1.165) is 18.4 Å². The number of carbonyl (C=O) groups is 2. The maximum atomic E-state index is 11.6. The Morgan fingerprint density at radius 3 is 2.29 bits per heavy atom. The second kappa shape index (κ2) is 9.75. The van der Waals surface area contributed by atoms with Crippen molar-refractivity contribution in [3.05, 3.63) is 42.0 Å². The van der Waals surface area contributed by atoms with Crippen molar-refractivity contribution < 1.29 is 9.59 Å². The molecular formula is C17H24N2O2. The van der Waals surface area contributed by atoms with Gasteiger partial charge in [-0.3, -0.25) is 9.59 Å². The molecule has 0 spiro atoms. The molecule has 0 radical (unpaired) electrons. The van der Waals surface area contributed by atoms with Gasteiger partial charge < -0.3 is 10.6 Å². The summed E-state index contributed by atoms with van der Waals surface area (Å²) in [4.78, 5) is 22.9. The second-order valence-corrected chi connectivity index (χ2v) is 5.19. The average molecular weight is 288 g/mol. The summed E-state index contributed by atoms with van der Waals surface area (Å²) in [5, 5.41) is 5.68. The summed E-state index contributed by atoms with van der Waals surface area (Å²) < 4.78 is 0. The van der Waals surface area contributed by atoms with Crippen LogP contribution in [0.15, 0.2) is 36.4 Å². The van der Waals surface area contributed by atoms with Crippen LogP contribution >= 0.6 is 0 Å². The lowest BCUT2D eigenvalue weighted by molar-refractivity contribution is -0.124. The highest BCUT2D eigenvalue weighted by atomic mass is 16.2. The highest BCUT2D eigenvalue weighted by Crippen LogP contribution is 2.00. The first-order valence-electron chi connectivity index (χ1n) is 7.38. The van der Waals surface area contributed by atoms with Crippen LogP contribution in [0.1, 0.15) is 32.3 Å². The van der Waals surface area contributed by atoms with E-state index in [-0.39, 0.29) is 17.7 Å². The van der Waals surface area contributed by atoms with Gasteiger partial charge in [0.2, 0.25) is 11.8 Å². The summed E-state index contributed by atoms with van der Waals surface area (Å²) >= 11 is 0. The zero-order valence-corrected chi connectivity index (χ0v) is 12.8. The van der Waals surface area contributed by atoms with E-state index in [1.54, 1.807) is 6.08 Å². The number of rotatable bonds is 8. The molecule has 1 aromatic rings. The molecule has 2 N–H and O–H groups in total. The van der Waals surface area contributed by atoms with Crippen molar-refractivity contribution >= 4 is 17.9 Å². The van der Waals surface area contributed by atoms with Crippen molar-refractivity contribution in [1.29, 1.82) is 0 Å². The summed E-state index contributed by atoms with van der Waals surface area (Å²) in [5.74, 6) is 0.00252. The van der Waals surface area contributed by atoms with Gasteiger partial charge in [0, 0.05) is 25.1 Å². The maximum absolute atomic E-state index is 11.6. The van der Waals surface area contributed by atoms with Crippen LogP contribution in [0.3, 0.4) is 0 Å². The Labute approximate surface area is 126 Å². The van der Waals surface area contributed by atoms with E-state index in [1.807, 2.05) is 44.2 Å². The largest absolute Gasteiger partial charge is 0.356 e. The van der Waals surface area contributed by atoms with Crippen molar-refractivity contribution in [2.75, 3.05) is 13.1 Å². The van der Waals surface area contributed by atoms with E-state index in [2.05, 4.69) is 10.6 Å². The van der Waals surface area contributed by atoms with Crippen LogP contribution < -0.4 is 10.6 Å². The maximum Gasteiger partial charge on any atom is 0.243 e. The lowest BCUT2D eigenvalue weighted by Crippen LogP contribution is -2.29. The second-order valence-electron chi connectivity index (χ2n) is 5.19. The molecule has 2 amide bonds. The molecule has 0 saturated heterocycles. The molecule has 0 aliphatic carbocycles. The van der Waals surface area contributed by atoms with E-state index < -0.39 is 0 Å². The van der Waals surface area contributed by atoms with Crippen LogP contribution in [0.4, 0.5) is 0 Å². The van der Waals surface area contributed by atoms with Crippen molar-refractivity contribution in [1.82, 2.24) is 10.6 Å². The Kier molecular flexibility index (Phi) is 7.87. The van der Waals surface area contributed by atoms with Crippen LogP contribution in [0.2, 0.25) is 0 Å². The molecule has 0 atom stereocenters. The fraction of sp³-hybridized carbons (Fsp3) is 0.412. The van der Waals surface area contributed by atoms with Gasteiger partial charge in [0.25, 0.3) is 0 Å². The summed E-state index contributed by atoms with van der Waals surface area (Å²) in [7, 11) is 0. The lowest BCUT2D eigenvalue weighted by Gasteiger charge is -2.07. The SMILES string of the molecule is CC(C)C(=O)NCCCCNC(=O)C=Cc1ccccc1. The van der Waals surface area contributed by atoms with Gasteiger partial charge >= 0.3 is 0 Å². The molecule has 114 valence electrons. The normalized spacial score (nSPS) is 10.8. The van der Waals surface area contributed by atoms with Gasteiger partial charge in [0.1, 0.15) is 0 Å². The van der Waals surface area contributed by atoms with E-state index in [9.17, 15) is 9.59 Å². The summed E-state index contributed by atoms with van der Waals surface area (Å²) in [5.41, 5.74) is 1.00. The number of unbranched alkanes of at least 4 members (excludes halogenated alkanes) is 1. The van der Waals surface area contributed by atoms with Gasteiger partial charge in [-0.2, -0.15) is 0 Å². The van der Waals surface area contributed by atoms with Crippen molar-refractivity contribution in [2.45, 2.75) is 26.7 Å². The van der Waals surface area contributed by atoms with E-state index in [0.29, 0.717) is 13.1 Å². The van der Waals surface area contributed by atoms with Crippen LogP contribution in [0, 0.1) is 5.92 Å². The molecule has 4 nitrogen and oxygen atoms in total. The van der Waals surface area contributed by atoms with Gasteiger partial charge in [0.15, 0.2) is 0 Å². The lowest BCUT2D eigenvalue weighted by atomic mass is 10.2. The average Bonchev–Trinajstić information content (AvgIpc) is 2.49. The fourth-order valence-corrected chi connectivity index (χ4v) is 1.67. The van der Waals surface area contributed by atoms with Crippen molar-refractivity contribution in [2.24, 2.45) is 5.92 Å². The number of hydrogen-bond donors (Lipinski definition) is 2. The zero-order chi connectivity index (χ0) is 15.5. The zero-order valence-electron chi connectivity index (χ0n) is 12.8. The number of benzene rings is 1. The standard InChI is InChI=1S/C17H24N2O2/c1-14(2)17(21)19-13-7-6-12-18-16(20)11-10-15-8-4-3-5-9-15/h3-5,8-11,14H,6-7,12-13H2,1-2H3,(H,18,20)(H,19,21). The number of amides is 2. The molecule has 0 heterocycles. The minimum atomic E-state index is -0.0925. The first-order chi connectivity index (χ1) is 10.1. The third kappa shape index (κ3) is 7.92. The molecule has 0 saturated carbocycles. The van der Waals surface area contributed by atoms with Crippen LogP contribution in [0.5, 0.6) is 0 Å². The third-order valence-electron chi connectivity index (χ3n) is 2.95. The highest BCUT2D eigenvalue weighted by molar-refractivity contribution is 5.91. The Bertz CT molecular complexity index is 467. The number of carbonyl (C=O) groups excluding carboxylic acids is 2. The van der Waals surface area contributed by atoms with Gasteiger partial charge in [-0.1, -0.05) is 44.2 Å². The molecule has 1 aromatic carbocycles. The Morgan fingerprint density at radius 2 is 1.67 bits per heavy atom. The molecule has 0 aromatic heterocycles. The highest BCUT2D eigenvalue weighted by Gasteiger charge is 2.04. The van der Waals surface area contributed by atoms with Gasteiger partial charge in [-0.25, -0.2) is 0 Å². The van der Waals surface area contributed by atoms with E-state index >= 15 is 0 Å². The van der Waals surface area contributed by atoms with Crippen LogP contribution in [-0.4, -0.2) is 24.9 Å². The summed E-state index contributed by atoms with van der Waals surface area (Å²) in [6, 6.07) is 9.70.